The highest BCUT2D eigenvalue weighted by molar-refractivity contribution is 5.78. The predicted molar refractivity (Wildman–Crippen MR) is 85.8 cm³/mol. The van der Waals surface area contributed by atoms with E-state index in [0.717, 1.165) is 44.8 Å². The Morgan fingerprint density at radius 3 is 3.00 bits per heavy atom. The molecule has 3 aliphatic rings. The van der Waals surface area contributed by atoms with Crippen molar-refractivity contribution in [2.75, 3.05) is 39.5 Å². The van der Waals surface area contributed by atoms with Crippen molar-refractivity contribution in [3.63, 3.8) is 0 Å². The Morgan fingerprint density at radius 2 is 2.21 bits per heavy atom. The Kier molecular flexibility index (Phi) is 4.52. The molecule has 3 saturated heterocycles. The quantitative estimate of drug-likeness (QED) is 0.832. The Hall–Kier alpha value is -1.50. The number of ether oxygens (including phenoxy) is 2. The molecule has 3 atom stereocenters. The fourth-order valence-electron chi connectivity index (χ4n) is 4.02. The Labute approximate surface area is 141 Å². The lowest BCUT2D eigenvalue weighted by atomic mass is 10.1. The summed E-state index contributed by atoms with van der Waals surface area (Å²) in [7, 11) is 0. The number of carbonyl (C=O) groups excluding carboxylic acids is 1. The van der Waals surface area contributed by atoms with Crippen molar-refractivity contribution < 1.29 is 18.7 Å². The van der Waals surface area contributed by atoms with E-state index in [9.17, 15) is 9.18 Å². The molecule has 0 saturated carbocycles. The molecule has 0 spiro atoms. The van der Waals surface area contributed by atoms with Crippen LogP contribution in [0.3, 0.4) is 0 Å². The van der Waals surface area contributed by atoms with Gasteiger partial charge >= 0.3 is 0 Å². The lowest BCUT2D eigenvalue weighted by Gasteiger charge is -2.36. The topological polar surface area (TPSA) is 42.0 Å². The summed E-state index contributed by atoms with van der Waals surface area (Å²) in [5, 5.41) is 0. The maximum Gasteiger partial charge on any atom is 0.249 e. The van der Waals surface area contributed by atoms with E-state index in [2.05, 4.69) is 4.90 Å². The van der Waals surface area contributed by atoms with E-state index < -0.39 is 0 Å². The van der Waals surface area contributed by atoms with E-state index in [1.54, 1.807) is 6.07 Å². The molecule has 3 aliphatic heterocycles. The highest BCUT2D eigenvalue weighted by Crippen LogP contribution is 2.27. The van der Waals surface area contributed by atoms with Crippen molar-refractivity contribution in [3.05, 3.63) is 35.6 Å². The van der Waals surface area contributed by atoms with E-state index in [1.807, 2.05) is 11.0 Å². The van der Waals surface area contributed by atoms with E-state index in [1.165, 1.54) is 12.1 Å². The van der Waals surface area contributed by atoms with Crippen LogP contribution in [0.15, 0.2) is 24.3 Å². The predicted octanol–water partition coefficient (Wildman–Crippen LogP) is 1.27. The van der Waals surface area contributed by atoms with Gasteiger partial charge in [0.2, 0.25) is 5.91 Å². The number of amides is 1. The van der Waals surface area contributed by atoms with Crippen LogP contribution in [0.25, 0.3) is 0 Å². The van der Waals surface area contributed by atoms with Crippen LogP contribution in [0.4, 0.5) is 4.39 Å². The van der Waals surface area contributed by atoms with Gasteiger partial charge in [0.15, 0.2) is 0 Å². The number of hydrogen-bond acceptors (Lipinski definition) is 4. The molecule has 1 unspecified atom stereocenters. The second-order valence-electron chi connectivity index (χ2n) is 7.02. The van der Waals surface area contributed by atoms with E-state index in [-0.39, 0.29) is 30.5 Å². The minimum atomic E-state index is -0.265. The molecule has 24 heavy (non-hydrogen) atoms. The first-order valence-corrected chi connectivity index (χ1v) is 8.64. The summed E-state index contributed by atoms with van der Waals surface area (Å²) in [6.07, 6.45) is 1.16. The van der Waals surface area contributed by atoms with Crippen molar-refractivity contribution in [1.29, 1.82) is 0 Å². The van der Waals surface area contributed by atoms with Gasteiger partial charge in [-0.3, -0.25) is 9.69 Å². The van der Waals surface area contributed by atoms with Gasteiger partial charge in [-0.25, -0.2) is 4.39 Å². The standard InChI is InChI=1S/C18H23FN2O3/c19-15-3-1-2-13(6-15)8-21-16-9-20(7-14-4-5-23-11-14)10-17(16)24-12-18(21)22/h1-3,6,14,16-17H,4-5,7-12H2/t14?,16-,17-/m1/s1. The third-order valence-corrected chi connectivity index (χ3v) is 5.24. The molecule has 4 rings (SSSR count). The lowest BCUT2D eigenvalue weighted by Crippen LogP contribution is -2.53. The van der Waals surface area contributed by atoms with Crippen molar-refractivity contribution in [3.8, 4) is 0 Å². The molecule has 0 radical (unpaired) electrons. The maximum absolute atomic E-state index is 13.4. The fraction of sp³-hybridized carbons (Fsp3) is 0.611. The van der Waals surface area contributed by atoms with Crippen LogP contribution in [0.2, 0.25) is 0 Å². The van der Waals surface area contributed by atoms with Gasteiger partial charge in [-0.15, -0.1) is 0 Å². The average molecular weight is 334 g/mol. The first-order chi connectivity index (χ1) is 11.7. The number of likely N-dealkylation sites (tertiary alicyclic amines) is 1. The highest BCUT2D eigenvalue weighted by atomic mass is 19.1. The molecule has 1 amide bonds. The number of benzene rings is 1. The van der Waals surface area contributed by atoms with Gasteiger partial charge in [0.25, 0.3) is 0 Å². The Balaban J connectivity index is 1.44. The molecule has 3 fully saturated rings. The van der Waals surface area contributed by atoms with Crippen LogP contribution in [0.1, 0.15) is 12.0 Å². The summed E-state index contributed by atoms with van der Waals surface area (Å²) in [5.74, 6) is 0.308. The minimum absolute atomic E-state index is 0.00781. The molecule has 0 aromatic heterocycles. The van der Waals surface area contributed by atoms with E-state index >= 15 is 0 Å². The molecular weight excluding hydrogens is 311 g/mol. The SMILES string of the molecule is O=C1CO[C@@H]2CN(CC3CCOC3)C[C@H]2N1Cc1cccc(F)c1. The van der Waals surface area contributed by atoms with Crippen LogP contribution in [0, 0.1) is 11.7 Å². The smallest absolute Gasteiger partial charge is 0.249 e. The fourth-order valence-corrected chi connectivity index (χ4v) is 4.02. The van der Waals surface area contributed by atoms with Gasteiger partial charge in [-0.2, -0.15) is 0 Å². The Bertz CT molecular complexity index is 606. The van der Waals surface area contributed by atoms with E-state index in [4.69, 9.17) is 9.47 Å². The van der Waals surface area contributed by atoms with Gasteiger partial charge in [0, 0.05) is 32.8 Å². The van der Waals surface area contributed by atoms with Crippen LogP contribution in [-0.4, -0.2) is 67.3 Å². The number of carbonyl (C=O) groups is 1. The van der Waals surface area contributed by atoms with Crippen molar-refractivity contribution in [1.82, 2.24) is 9.80 Å². The minimum Gasteiger partial charge on any atom is -0.381 e. The van der Waals surface area contributed by atoms with Crippen LogP contribution >= 0.6 is 0 Å². The van der Waals surface area contributed by atoms with Crippen molar-refractivity contribution in [2.24, 2.45) is 5.92 Å². The Morgan fingerprint density at radius 1 is 1.29 bits per heavy atom. The van der Waals surface area contributed by atoms with Gasteiger partial charge in [0.1, 0.15) is 12.4 Å². The zero-order chi connectivity index (χ0) is 16.5. The van der Waals surface area contributed by atoms with Gasteiger partial charge in [0.05, 0.1) is 18.8 Å². The largest absolute Gasteiger partial charge is 0.381 e. The van der Waals surface area contributed by atoms with E-state index in [0.29, 0.717) is 12.5 Å². The van der Waals surface area contributed by atoms with Gasteiger partial charge in [-0.05, 0) is 30.0 Å². The summed E-state index contributed by atoms with van der Waals surface area (Å²) in [4.78, 5) is 16.6. The number of fused-ring (bicyclic) bond motifs is 1. The normalized spacial score (nSPS) is 30.8. The second-order valence-corrected chi connectivity index (χ2v) is 7.02. The number of hydrogen-bond donors (Lipinski definition) is 0. The summed E-state index contributed by atoms with van der Waals surface area (Å²) in [6, 6.07) is 6.53. The second kappa shape index (κ2) is 6.78. The molecule has 3 heterocycles. The molecular formula is C18H23FN2O3. The third-order valence-electron chi connectivity index (χ3n) is 5.24. The molecule has 130 valence electrons. The van der Waals surface area contributed by atoms with Crippen LogP contribution < -0.4 is 0 Å². The first kappa shape index (κ1) is 16.0. The zero-order valence-corrected chi connectivity index (χ0v) is 13.7. The van der Waals surface area contributed by atoms with Crippen molar-refractivity contribution in [2.45, 2.75) is 25.1 Å². The monoisotopic (exact) mass is 334 g/mol. The highest BCUT2D eigenvalue weighted by Gasteiger charge is 2.43. The summed E-state index contributed by atoms with van der Waals surface area (Å²) < 4.78 is 24.6. The number of halogens is 1. The summed E-state index contributed by atoms with van der Waals surface area (Å²) in [6.45, 7) is 4.93. The average Bonchev–Trinajstić information content (AvgIpc) is 3.20. The molecule has 1 aromatic carbocycles. The van der Waals surface area contributed by atoms with Crippen LogP contribution in [0.5, 0.6) is 0 Å². The number of nitrogens with zero attached hydrogens (tertiary/aromatic N) is 2. The molecule has 0 N–H and O–H groups in total. The number of rotatable bonds is 4. The molecule has 5 nitrogen and oxygen atoms in total. The molecule has 0 bridgehead atoms. The molecule has 0 aliphatic carbocycles. The van der Waals surface area contributed by atoms with Gasteiger partial charge in [-0.1, -0.05) is 12.1 Å². The summed E-state index contributed by atoms with van der Waals surface area (Å²) in [5.41, 5.74) is 0.826. The van der Waals surface area contributed by atoms with Gasteiger partial charge < -0.3 is 14.4 Å². The third kappa shape index (κ3) is 3.31. The summed E-state index contributed by atoms with van der Waals surface area (Å²) >= 11 is 0. The van der Waals surface area contributed by atoms with Crippen LogP contribution in [-0.2, 0) is 20.8 Å². The maximum atomic E-state index is 13.4. The lowest BCUT2D eigenvalue weighted by molar-refractivity contribution is -0.153. The molecule has 6 heteroatoms. The van der Waals surface area contributed by atoms with Crippen molar-refractivity contribution >= 4 is 5.91 Å². The number of morpholine rings is 1. The molecule has 1 aromatic rings. The first-order valence-electron chi connectivity index (χ1n) is 8.64. The zero-order valence-electron chi connectivity index (χ0n) is 13.7.